The van der Waals surface area contributed by atoms with Crippen molar-refractivity contribution in [2.24, 2.45) is 5.92 Å². The quantitative estimate of drug-likeness (QED) is 0.613. The van der Waals surface area contributed by atoms with Gasteiger partial charge in [0.05, 0.1) is 6.61 Å². The van der Waals surface area contributed by atoms with Gasteiger partial charge >= 0.3 is 5.97 Å². The van der Waals surface area contributed by atoms with Gasteiger partial charge in [-0.3, -0.25) is 14.4 Å². The Hall–Kier alpha value is -2.80. The lowest BCUT2D eigenvalue weighted by Gasteiger charge is -2.37. The van der Waals surface area contributed by atoms with Crippen LogP contribution in [0.15, 0.2) is 53.0 Å². The second-order valence-electron chi connectivity index (χ2n) is 7.17. The zero-order chi connectivity index (χ0) is 20.5. The van der Waals surface area contributed by atoms with Crippen LogP contribution in [-0.2, 0) is 19.1 Å². The smallest absolute Gasteiger partial charge is 0.317 e. The number of Topliss-reactive ketones (excluding diaryl/α,β-unsaturated/α-hetero) is 1. The predicted molar refractivity (Wildman–Crippen MR) is 106 cm³/mol. The standard InChI is InChI=1S/C22H20FNO4S/c1-2-28-22(27)20-15(17-4-3-9-29-17)10-16-19(21(20)26)14(11-18(25)24-16)12-5-7-13(23)8-6-12/h3-9,14-15,20H,2,10-11H2,1H3,(H,24,25)/t14-,15-,20+/m1/s1. The first-order chi connectivity index (χ1) is 14.0. The molecule has 2 aromatic rings. The van der Waals surface area contributed by atoms with Crippen LogP contribution in [0.5, 0.6) is 0 Å². The molecule has 4 rings (SSSR count). The number of allylic oxidation sites excluding steroid dienone is 2. The second-order valence-corrected chi connectivity index (χ2v) is 8.15. The SMILES string of the molecule is CCOC(=O)[C@@H]1C(=O)C2=C(C[C@@H]1c1cccs1)NC(=O)C[C@@H]2c1ccc(F)cc1. The molecular weight excluding hydrogens is 393 g/mol. The van der Waals surface area contributed by atoms with Crippen LogP contribution in [0.4, 0.5) is 4.39 Å². The zero-order valence-electron chi connectivity index (χ0n) is 15.8. The molecule has 0 unspecified atom stereocenters. The third kappa shape index (κ3) is 3.62. The number of carbonyl (C=O) groups excluding carboxylic acids is 3. The Kier molecular flexibility index (Phi) is 5.32. The Morgan fingerprint density at radius 1 is 1.21 bits per heavy atom. The van der Waals surface area contributed by atoms with Crippen LogP contribution in [0.2, 0.25) is 0 Å². The average Bonchev–Trinajstić information content (AvgIpc) is 3.22. The van der Waals surface area contributed by atoms with Crippen molar-refractivity contribution in [2.75, 3.05) is 6.61 Å². The van der Waals surface area contributed by atoms with E-state index in [-0.39, 0.29) is 36.5 Å². The van der Waals surface area contributed by atoms with Crippen LogP contribution >= 0.6 is 11.3 Å². The summed E-state index contributed by atoms with van der Waals surface area (Å²) in [6.07, 6.45) is 0.448. The van der Waals surface area contributed by atoms with Crippen molar-refractivity contribution in [3.8, 4) is 0 Å². The largest absolute Gasteiger partial charge is 0.465 e. The number of nitrogens with one attached hydrogen (secondary N) is 1. The molecule has 1 amide bonds. The van der Waals surface area contributed by atoms with E-state index in [2.05, 4.69) is 5.32 Å². The maximum Gasteiger partial charge on any atom is 0.317 e. The molecular formula is C22H20FNO4S. The van der Waals surface area contributed by atoms with Crippen molar-refractivity contribution in [1.29, 1.82) is 0 Å². The number of halogens is 1. The van der Waals surface area contributed by atoms with E-state index in [9.17, 15) is 18.8 Å². The van der Waals surface area contributed by atoms with Gasteiger partial charge in [-0.2, -0.15) is 0 Å². The highest BCUT2D eigenvalue weighted by molar-refractivity contribution is 7.10. The molecule has 0 saturated carbocycles. The molecule has 2 aliphatic rings. The maximum absolute atomic E-state index is 13.6. The molecule has 7 heteroatoms. The Bertz CT molecular complexity index is 981. The lowest BCUT2D eigenvalue weighted by Crippen LogP contribution is -2.44. The van der Waals surface area contributed by atoms with E-state index in [0.717, 1.165) is 4.88 Å². The number of hydrogen-bond donors (Lipinski definition) is 1. The van der Waals surface area contributed by atoms with E-state index in [1.54, 1.807) is 19.1 Å². The number of benzene rings is 1. The number of rotatable bonds is 4. The van der Waals surface area contributed by atoms with Crippen LogP contribution in [0.3, 0.4) is 0 Å². The van der Waals surface area contributed by atoms with Gasteiger partial charge in [-0.1, -0.05) is 18.2 Å². The third-order valence-corrected chi connectivity index (χ3v) is 6.45. The number of ketones is 1. The Morgan fingerprint density at radius 3 is 2.62 bits per heavy atom. The van der Waals surface area contributed by atoms with Crippen molar-refractivity contribution in [2.45, 2.75) is 31.6 Å². The normalized spacial score (nSPS) is 24.1. The maximum atomic E-state index is 13.6. The molecule has 1 aliphatic carbocycles. The predicted octanol–water partition coefficient (Wildman–Crippen LogP) is 3.68. The molecule has 0 saturated heterocycles. The molecule has 1 aromatic heterocycles. The fourth-order valence-corrected chi connectivity index (χ4v) is 5.07. The molecule has 0 bridgehead atoms. The fourth-order valence-electron chi connectivity index (χ4n) is 4.20. The van der Waals surface area contributed by atoms with Crippen molar-refractivity contribution >= 4 is 29.0 Å². The fraction of sp³-hybridized carbons (Fsp3) is 0.318. The van der Waals surface area contributed by atoms with E-state index >= 15 is 0 Å². The summed E-state index contributed by atoms with van der Waals surface area (Å²) >= 11 is 1.47. The summed E-state index contributed by atoms with van der Waals surface area (Å²) in [6, 6.07) is 9.56. The average molecular weight is 413 g/mol. The van der Waals surface area contributed by atoms with E-state index < -0.39 is 17.8 Å². The molecule has 150 valence electrons. The van der Waals surface area contributed by atoms with E-state index in [1.807, 2.05) is 17.5 Å². The summed E-state index contributed by atoms with van der Waals surface area (Å²) in [4.78, 5) is 39.6. The van der Waals surface area contributed by atoms with E-state index in [0.29, 0.717) is 23.3 Å². The summed E-state index contributed by atoms with van der Waals surface area (Å²) in [7, 11) is 0. The number of amides is 1. The van der Waals surface area contributed by atoms with Crippen molar-refractivity contribution in [3.63, 3.8) is 0 Å². The number of hydrogen-bond acceptors (Lipinski definition) is 5. The summed E-state index contributed by atoms with van der Waals surface area (Å²) < 4.78 is 18.6. The monoisotopic (exact) mass is 413 g/mol. The lowest BCUT2D eigenvalue weighted by molar-refractivity contribution is -0.152. The summed E-state index contributed by atoms with van der Waals surface area (Å²) in [5.41, 5.74) is 1.67. The Labute approximate surface area is 171 Å². The van der Waals surface area contributed by atoms with Gasteiger partial charge < -0.3 is 10.1 Å². The van der Waals surface area contributed by atoms with E-state index in [1.165, 1.54) is 23.5 Å². The minimum Gasteiger partial charge on any atom is -0.465 e. The minimum absolute atomic E-state index is 0.0788. The van der Waals surface area contributed by atoms with Crippen LogP contribution in [0, 0.1) is 11.7 Å². The van der Waals surface area contributed by atoms with Crippen LogP contribution < -0.4 is 5.32 Å². The Morgan fingerprint density at radius 2 is 1.97 bits per heavy atom. The number of esters is 1. The van der Waals surface area contributed by atoms with Crippen molar-refractivity contribution in [1.82, 2.24) is 5.32 Å². The molecule has 1 aromatic carbocycles. The Balaban J connectivity index is 1.80. The molecule has 5 nitrogen and oxygen atoms in total. The molecule has 1 N–H and O–H groups in total. The van der Waals surface area contributed by atoms with Gasteiger partial charge in [0.2, 0.25) is 5.91 Å². The lowest BCUT2D eigenvalue weighted by atomic mass is 9.69. The summed E-state index contributed by atoms with van der Waals surface area (Å²) in [6.45, 7) is 1.89. The van der Waals surface area contributed by atoms with Crippen molar-refractivity contribution in [3.05, 3.63) is 69.3 Å². The van der Waals surface area contributed by atoms with Gasteiger partial charge in [0.25, 0.3) is 0 Å². The first kappa shape index (κ1) is 19.5. The first-order valence-corrected chi connectivity index (χ1v) is 10.4. The highest BCUT2D eigenvalue weighted by Gasteiger charge is 2.47. The molecule has 0 spiro atoms. The zero-order valence-corrected chi connectivity index (χ0v) is 16.6. The van der Waals surface area contributed by atoms with Crippen LogP contribution in [0.25, 0.3) is 0 Å². The molecule has 2 heterocycles. The van der Waals surface area contributed by atoms with E-state index in [4.69, 9.17) is 4.74 Å². The van der Waals surface area contributed by atoms with Crippen molar-refractivity contribution < 1.29 is 23.5 Å². The number of carbonyl (C=O) groups is 3. The summed E-state index contributed by atoms with van der Waals surface area (Å²) in [5.74, 6) is -3.29. The first-order valence-electron chi connectivity index (χ1n) is 9.52. The minimum atomic E-state index is -0.953. The molecule has 1 aliphatic heterocycles. The third-order valence-electron chi connectivity index (χ3n) is 5.45. The highest BCUT2D eigenvalue weighted by Crippen LogP contribution is 2.46. The van der Waals surface area contributed by atoms with Gasteiger partial charge in [-0.25, -0.2) is 4.39 Å². The topological polar surface area (TPSA) is 72.5 Å². The molecule has 0 radical (unpaired) electrons. The van der Waals surface area contributed by atoms with Gasteiger partial charge in [-0.05, 0) is 42.5 Å². The van der Waals surface area contributed by atoms with Gasteiger partial charge in [-0.15, -0.1) is 11.3 Å². The van der Waals surface area contributed by atoms with Gasteiger partial charge in [0.15, 0.2) is 5.78 Å². The number of ether oxygens (including phenoxy) is 1. The molecule has 29 heavy (non-hydrogen) atoms. The van der Waals surface area contributed by atoms with Gasteiger partial charge in [0, 0.05) is 34.4 Å². The second kappa shape index (κ2) is 7.91. The summed E-state index contributed by atoms with van der Waals surface area (Å²) in [5, 5.41) is 4.74. The van der Waals surface area contributed by atoms with Crippen LogP contribution in [-0.4, -0.2) is 24.3 Å². The van der Waals surface area contributed by atoms with Gasteiger partial charge in [0.1, 0.15) is 11.7 Å². The van der Waals surface area contributed by atoms with Crippen LogP contribution in [0.1, 0.15) is 42.0 Å². The molecule has 3 atom stereocenters. The molecule has 0 fully saturated rings. The number of thiophene rings is 1. The highest BCUT2D eigenvalue weighted by atomic mass is 32.1.